The summed E-state index contributed by atoms with van der Waals surface area (Å²) in [5, 5.41) is 12.1. The van der Waals surface area contributed by atoms with E-state index in [2.05, 4.69) is 26.3 Å². The highest BCUT2D eigenvalue weighted by molar-refractivity contribution is 14.0. The van der Waals surface area contributed by atoms with Gasteiger partial charge in [-0.2, -0.15) is 0 Å². The van der Waals surface area contributed by atoms with Crippen LogP contribution in [-0.4, -0.2) is 38.3 Å². The van der Waals surface area contributed by atoms with Gasteiger partial charge in [-0.1, -0.05) is 12.1 Å². The van der Waals surface area contributed by atoms with E-state index in [1.807, 2.05) is 56.3 Å². The van der Waals surface area contributed by atoms with Crippen LogP contribution in [0, 0.1) is 0 Å². The number of guanidine groups is 1. The molecule has 2 aromatic rings. The molecule has 1 aliphatic heterocycles. The standard InChI is InChI=1S/C22H29N5O3.HI/c1-15(2)25-22(28)27-17-7-5-16(6-8-17)14-24-21(23-3)26-18-9-10-19-20(13-18)30-12-4-11-29-19;/h5-10,13,15H,4,11-12,14H2,1-3H3,(H2,23,24,26)(H2,25,27,28);1H. The van der Waals surface area contributed by atoms with Crippen LogP contribution < -0.4 is 30.7 Å². The molecular formula is C22H30IN5O3. The van der Waals surface area contributed by atoms with Gasteiger partial charge in [0.05, 0.1) is 13.2 Å². The first-order chi connectivity index (χ1) is 14.5. The Bertz CT molecular complexity index is 887. The second-order valence-electron chi connectivity index (χ2n) is 7.21. The summed E-state index contributed by atoms with van der Waals surface area (Å²) in [6.45, 7) is 5.74. The third-order valence-corrected chi connectivity index (χ3v) is 4.33. The summed E-state index contributed by atoms with van der Waals surface area (Å²) in [7, 11) is 1.72. The summed E-state index contributed by atoms with van der Waals surface area (Å²) in [6, 6.07) is 13.3. The van der Waals surface area contributed by atoms with Crippen LogP contribution >= 0.6 is 24.0 Å². The number of hydrogen-bond donors (Lipinski definition) is 4. The lowest BCUT2D eigenvalue weighted by Gasteiger charge is -2.14. The highest BCUT2D eigenvalue weighted by atomic mass is 127. The third-order valence-electron chi connectivity index (χ3n) is 4.33. The van der Waals surface area contributed by atoms with Gasteiger partial charge in [0.25, 0.3) is 0 Å². The number of carbonyl (C=O) groups excluding carboxylic acids is 1. The highest BCUT2D eigenvalue weighted by Crippen LogP contribution is 2.32. The average Bonchev–Trinajstić information content (AvgIpc) is 2.96. The van der Waals surface area contributed by atoms with Gasteiger partial charge in [-0.15, -0.1) is 24.0 Å². The van der Waals surface area contributed by atoms with Crippen LogP contribution in [0.1, 0.15) is 25.8 Å². The molecule has 8 nitrogen and oxygen atoms in total. The fourth-order valence-electron chi connectivity index (χ4n) is 2.88. The van der Waals surface area contributed by atoms with Crippen LogP contribution in [0.25, 0.3) is 0 Å². The number of ether oxygens (including phenoxy) is 2. The van der Waals surface area contributed by atoms with Gasteiger partial charge in [-0.25, -0.2) is 4.79 Å². The van der Waals surface area contributed by atoms with Crippen LogP contribution in [0.5, 0.6) is 11.5 Å². The van der Waals surface area contributed by atoms with Crippen molar-refractivity contribution in [3.8, 4) is 11.5 Å². The lowest BCUT2D eigenvalue weighted by molar-refractivity contribution is 0.250. The zero-order valence-electron chi connectivity index (χ0n) is 18.0. The van der Waals surface area contributed by atoms with E-state index < -0.39 is 0 Å². The van der Waals surface area contributed by atoms with Crippen LogP contribution in [0.2, 0.25) is 0 Å². The Hall–Kier alpha value is -2.69. The quantitative estimate of drug-likeness (QED) is 0.260. The van der Waals surface area contributed by atoms with Crippen LogP contribution in [0.4, 0.5) is 16.2 Å². The fraction of sp³-hybridized carbons (Fsp3) is 0.364. The monoisotopic (exact) mass is 539 g/mol. The molecule has 3 rings (SSSR count). The molecule has 0 aromatic heterocycles. The number of nitrogens with zero attached hydrogens (tertiary/aromatic N) is 1. The van der Waals surface area contributed by atoms with Gasteiger partial charge < -0.3 is 30.7 Å². The Morgan fingerprint density at radius 2 is 1.68 bits per heavy atom. The van der Waals surface area contributed by atoms with Crippen LogP contribution in [0.3, 0.4) is 0 Å². The predicted molar refractivity (Wildman–Crippen MR) is 135 cm³/mol. The van der Waals surface area contributed by atoms with Gasteiger partial charge in [0.15, 0.2) is 17.5 Å². The van der Waals surface area contributed by atoms with Crippen molar-refractivity contribution in [2.75, 3.05) is 30.9 Å². The lowest BCUT2D eigenvalue weighted by Crippen LogP contribution is -2.34. The predicted octanol–water partition coefficient (Wildman–Crippen LogP) is 4.18. The number of nitrogens with one attached hydrogen (secondary N) is 4. The van der Waals surface area contributed by atoms with Crippen molar-refractivity contribution in [3.63, 3.8) is 0 Å². The molecule has 0 atom stereocenters. The summed E-state index contributed by atoms with van der Waals surface area (Å²) in [6.07, 6.45) is 0.872. The van der Waals surface area contributed by atoms with Gasteiger partial charge in [0.2, 0.25) is 0 Å². The van der Waals surface area contributed by atoms with E-state index in [-0.39, 0.29) is 36.0 Å². The molecule has 1 aliphatic rings. The Balaban J connectivity index is 0.00000341. The zero-order valence-corrected chi connectivity index (χ0v) is 20.4. The molecule has 31 heavy (non-hydrogen) atoms. The Morgan fingerprint density at radius 1 is 1.00 bits per heavy atom. The van der Waals surface area contributed by atoms with Gasteiger partial charge in [-0.3, -0.25) is 4.99 Å². The molecule has 0 saturated carbocycles. The maximum Gasteiger partial charge on any atom is 0.319 e. The number of carbonyl (C=O) groups is 1. The average molecular weight is 539 g/mol. The van der Waals surface area contributed by atoms with Gasteiger partial charge in [0.1, 0.15) is 0 Å². The van der Waals surface area contributed by atoms with Crippen LogP contribution in [0.15, 0.2) is 47.5 Å². The van der Waals surface area contributed by atoms with Crippen molar-refractivity contribution in [2.45, 2.75) is 32.9 Å². The van der Waals surface area contributed by atoms with E-state index in [9.17, 15) is 4.79 Å². The first-order valence-electron chi connectivity index (χ1n) is 10.1. The fourth-order valence-corrected chi connectivity index (χ4v) is 2.88. The summed E-state index contributed by atoms with van der Waals surface area (Å²) in [5.41, 5.74) is 2.67. The van der Waals surface area contributed by atoms with E-state index in [0.29, 0.717) is 25.7 Å². The number of halogens is 1. The minimum absolute atomic E-state index is 0. The largest absolute Gasteiger partial charge is 0.490 e. The molecule has 0 saturated heterocycles. The molecule has 1 heterocycles. The zero-order chi connectivity index (χ0) is 21.3. The van der Waals surface area contributed by atoms with Crippen molar-refractivity contribution >= 4 is 47.3 Å². The molecular weight excluding hydrogens is 509 g/mol. The molecule has 4 N–H and O–H groups in total. The number of aliphatic imine (C=N–C) groups is 1. The molecule has 0 fully saturated rings. The molecule has 0 aliphatic carbocycles. The second kappa shape index (κ2) is 12.2. The number of anilines is 2. The number of rotatable bonds is 5. The number of amides is 2. The Morgan fingerprint density at radius 3 is 2.35 bits per heavy atom. The van der Waals surface area contributed by atoms with Crippen molar-refractivity contribution in [2.24, 2.45) is 4.99 Å². The molecule has 2 aromatic carbocycles. The number of benzene rings is 2. The van der Waals surface area contributed by atoms with E-state index in [1.54, 1.807) is 7.05 Å². The Labute approximate surface area is 200 Å². The first-order valence-corrected chi connectivity index (χ1v) is 10.1. The summed E-state index contributed by atoms with van der Waals surface area (Å²) >= 11 is 0. The van der Waals surface area contributed by atoms with E-state index >= 15 is 0 Å². The normalized spacial score (nSPS) is 13.0. The topological polar surface area (TPSA) is 96.0 Å². The van der Waals surface area contributed by atoms with Gasteiger partial charge in [0, 0.05) is 43.5 Å². The maximum absolute atomic E-state index is 11.8. The molecule has 2 amide bonds. The maximum atomic E-state index is 11.8. The lowest BCUT2D eigenvalue weighted by atomic mass is 10.2. The van der Waals surface area contributed by atoms with Gasteiger partial charge in [-0.05, 0) is 43.7 Å². The smallest absolute Gasteiger partial charge is 0.319 e. The molecule has 0 unspecified atom stereocenters. The Kier molecular flexibility index (Phi) is 9.70. The molecule has 168 valence electrons. The van der Waals surface area contributed by atoms with Crippen molar-refractivity contribution in [3.05, 3.63) is 48.0 Å². The van der Waals surface area contributed by atoms with E-state index in [0.717, 1.165) is 34.9 Å². The SMILES string of the molecule is CN=C(NCc1ccc(NC(=O)NC(C)C)cc1)Nc1ccc2c(c1)OCCCO2.I. The van der Waals surface area contributed by atoms with E-state index in [4.69, 9.17) is 9.47 Å². The van der Waals surface area contributed by atoms with E-state index in [1.165, 1.54) is 0 Å². The third kappa shape index (κ3) is 7.82. The molecule has 0 spiro atoms. The summed E-state index contributed by atoms with van der Waals surface area (Å²) in [5.74, 6) is 2.14. The van der Waals surface area contributed by atoms with Gasteiger partial charge >= 0.3 is 6.03 Å². The number of fused-ring (bicyclic) bond motifs is 1. The summed E-state index contributed by atoms with van der Waals surface area (Å²) in [4.78, 5) is 16.0. The van der Waals surface area contributed by atoms with Crippen molar-refractivity contribution in [1.82, 2.24) is 10.6 Å². The molecule has 9 heteroatoms. The number of hydrogen-bond acceptors (Lipinski definition) is 4. The highest BCUT2D eigenvalue weighted by Gasteiger charge is 2.11. The second-order valence-corrected chi connectivity index (χ2v) is 7.21. The minimum atomic E-state index is -0.212. The minimum Gasteiger partial charge on any atom is -0.490 e. The van der Waals surface area contributed by atoms with Crippen molar-refractivity contribution in [1.29, 1.82) is 0 Å². The first kappa shape index (κ1) is 24.6. The van der Waals surface area contributed by atoms with Crippen molar-refractivity contribution < 1.29 is 14.3 Å². The molecule has 0 bridgehead atoms. The molecule has 0 radical (unpaired) electrons. The summed E-state index contributed by atoms with van der Waals surface area (Å²) < 4.78 is 11.4. The number of urea groups is 1. The van der Waals surface area contributed by atoms with Crippen LogP contribution in [-0.2, 0) is 6.54 Å².